The molecule has 0 saturated carbocycles. The van der Waals surface area contributed by atoms with Crippen LogP contribution in [-0.2, 0) is 0 Å². The molecule has 1 aromatic heterocycles. The molecule has 2 N–H and O–H groups in total. The van der Waals surface area contributed by atoms with Gasteiger partial charge in [0.15, 0.2) is 0 Å². The first kappa shape index (κ1) is 11.9. The van der Waals surface area contributed by atoms with Crippen molar-refractivity contribution in [3.8, 4) is 0 Å². The average Bonchev–Trinajstić information content (AvgIpc) is 2.77. The highest BCUT2D eigenvalue weighted by Gasteiger charge is 2.18. The number of furan rings is 1. The Kier molecular flexibility index (Phi) is 2.84. The van der Waals surface area contributed by atoms with Gasteiger partial charge in [0.05, 0.1) is 6.04 Å². The number of hydrogen-bond acceptors (Lipinski definition) is 2. The van der Waals surface area contributed by atoms with E-state index in [9.17, 15) is 4.39 Å². The minimum Gasteiger partial charge on any atom is -0.459 e. The Hall–Kier alpha value is -2.13. The van der Waals surface area contributed by atoms with Crippen LogP contribution in [0.2, 0.25) is 0 Å². The van der Waals surface area contributed by atoms with Crippen LogP contribution >= 0.6 is 0 Å². The molecule has 0 spiro atoms. The standard InChI is InChI=1S/C16H14FNO/c1-10-13-4-2-3-5-14(13)19-16(10)15(18)11-6-8-12(17)9-7-11/h2-9,15H,18H2,1H3. The van der Waals surface area contributed by atoms with Gasteiger partial charge in [-0.25, -0.2) is 4.39 Å². The van der Waals surface area contributed by atoms with Crippen molar-refractivity contribution in [3.05, 3.63) is 71.2 Å². The van der Waals surface area contributed by atoms with E-state index in [4.69, 9.17) is 10.2 Å². The molecule has 0 saturated heterocycles. The topological polar surface area (TPSA) is 39.2 Å². The Labute approximate surface area is 110 Å². The second-order valence-corrected chi connectivity index (χ2v) is 4.62. The molecular weight excluding hydrogens is 241 g/mol. The van der Waals surface area contributed by atoms with Gasteiger partial charge in [0, 0.05) is 10.9 Å². The first-order valence-electron chi connectivity index (χ1n) is 6.16. The Bertz CT molecular complexity index is 715. The third-order valence-corrected chi connectivity index (χ3v) is 3.39. The fraction of sp³-hybridized carbons (Fsp3) is 0.125. The highest BCUT2D eigenvalue weighted by molar-refractivity contribution is 5.82. The maximum absolute atomic E-state index is 12.9. The summed E-state index contributed by atoms with van der Waals surface area (Å²) >= 11 is 0. The summed E-state index contributed by atoms with van der Waals surface area (Å²) in [4.78, 5) is 0. The molecule has 3 aromatic rings. The summed E-state index contributed by atoms with van der Waals surface area (Å²) < 4.78 is 18.8. The Balaban J connectivity index is 2.08. The third-order valence-electron chi connectivity index (χ3n) is 3.39. The van der Waals surface area contributed by atoms with Crippen LogP contribution in [0.5, 0.6) is 0 Å². The zero-order valence-electron chi connectivity index (χ0n) is 10.6. The smallest absolute Gasteiger partial charge is 0.134 e. The Morgan fingerprint density at radius 2 is 1.74 bits per heavy atom. The lowest BCUT2D eigenvalue weighted by atomic mass is 10.0. The van der Waals surface area contributed by atoms with Gasteiger partial charge in [0.25, 0.3) is 0 Å². The molecule has 1 unspecified atom stereocenters. The van der Waals surface area contributed by atoms with Crippen LogP contribution in [0.1, 0.15) is 22.9 Å². The van der Waals surface area contributed by atoms with Crippen LogP contribution in [0.15, 0.2) is 52.9 Å². The van der Waals surface area contributed by atoms with Gasteiger partial charge in [-0.1, -0.05) is 30.3 Å². The molecule has 3 rings (SSSR count). The normalized spacial score (nSPS) is 12.8. The van der Waals surface area contributed by atoms with Crippen molar-refractivity contribution in [2.45, 2.75) is 13.0 Å². The van der Waals surface area contributed by atoms with Gasteiger partial charge in [-0.3, -0.25) is 0 Å². The lowest BCUT2D eigenvalue weighted by molar-refractivity contribution is 0.520. The van der Waals surface area contributed by atoms with Gasteiger partial charge in [0.1, 0.15) is 17.2 Å². The van der Waals surface area contributed by atoms with Crippen LogP contribution in [0.3, 0.4) is 0 Å². The van der Waals surface area contributed by atoms with Crippen LogP contribution in [-0.4, -0.2) is 0 Å². The van der Waals surface area contributed by atoms with E-state index in [0.29, 0.717) is 0 Å². The maximum Gasteiger partial charge on any atom is 0.134 e. The van der Waals surface area contributed by atoms with Crippen LogP contribution in [0.25, 0.3) is 11.0 Å². The quantitative estimate of drug-likeness (QED) is 0.753. The lowest BCUT2D eigenvalue weighted by Crippen LogP contribution is -2.12. The molecule has 0 aliphatic rings. The van der Waals surface area contributed by atoms with Crippen molar-refractivity contribution < 1.29 is 8.81 Å². The van der Waals surface area contributed by atoms with E-state index >= 15 is 0 Å². The first-order valence-corrected chi connectivity index (χ1v) is 6.16. The van der Waals surface area contributed by atoms with E-state index in [0.717, 1.165) is 27.9 Å². The van der Waals surface area contributed by atoms with Gasteiger partial charge < -0.3 is 10.2 Å². The molecule has 1 heterocycles. The largest absolute Gasteiger partial charge is 0.459 e. The monoisotopic (exact) mass is 255 g/mol. The van der Waals surface area contributed by atoms with E-state index in [1.807, 2.05) is 31.2 Å². The maximum atomic E-state index is 12.9. The highest BCUT2D eigenvalue weighted by atomic mass is 19.1. The number of rotatable bonds is 2. The number of hydrogen-bond donors (Lipinski definition) is 1. The van der Waals surface area contributed by atoms with Crippen molar-refractivity contribution in [2.24, 2.45) is 5.73 Å². The molecule has 1 atom stereocenters. The van der Waals surface area contributed by atoms with E-state index in [-0.39, 0.29) is 11.9 Å². The molecule has 96 valence electrons. The molecular formula is C16H14FNO. The van der Waals surface area contributed by atoms with Crippen molar-refractivity contribution in [3.63, 3.8) is 0 Å². The molecule has 2 nitrogen and oxygen atoms in total. The number of nitrogens with two attached hydrogens (primary N) is 1. The number of aryl methyl sites for hydroxylation is 1. The van der Waals surface area contributed by atoms with Crippen molar-refractivity contribution in [2.75, 3.05) is 0 Å². The van der Waals surface area contributed by atoms with Crippen LogP contribution < -0.4 is 5.73 Å². The number of halogens is 1. The van der Waals surface area contributed by atoms with Gasteiger partial charge in [-0.2, -0.15) is 0 Å². The van der Waals surface area contributed by atoms with Gasteiger partial charge >= 0.3 is 0 Å². The fourth-order valence-electron chi connectivity index (χ4n) is 2.31. The first-order chi connectivity index (χ1) is 9.16. The zero-order chi connectivity index (χ0) is 13.4. The second kappa shape index (κ2) is 4.52. The Morgan fingerprint density at radius 3 is 2.42 bits per heavy atom. The molecule has 0 aliphatic heterocycles. The van der Waals surface area contributed by atoms with Crippen molar-refractivity contribution in [1.82, 2.24) is 0 Å². The molecule has 0 amide bonds. The van der Waals surface area contributed by atoms with Crippen molar-refractivity contribution in [1.29, 1.82) is 0 Å². The molecule has 3 heteroatoms. The van der Waals surface area contributed by atoms with E-state index in [2.05, 4.69) is 0 Å². The second-order valence-electron chi connectivity index (χ2n) is 4.62. The molecule has 0 radical (unpaired) electrons. The lowest BCUT2D eigenvalue weighted by Gasteiger charge is -2.10. The summed E-state index contributed by atoms with van der Waals surface area (Å²) in [6.45, 7) is 1.99. The summed E-state index contributed by atoms with van der Waals surface area (Å²) in [6.07, 6.45) is 0. The molecule has 0 fully saturated rings. The summed E-state index contributed by atoms with van der Waals surface area (Å²) in [6, 6.07) is 13.6. The fourth-order valence-corrected chi connectivity index (χ4v) is 2.31. The molecule has 0 bridgehead atoms. The molecule has 19 heavy (non-hydrogen) atoms. The summed E-state index contributed by atoms with van der Waals surface area (Å²) in [7, 11) is 0. The van der Waals surface area contributed by atoms with Crippen LogP contribution in [0, 0.1) is 12.7 Å². The molecule has 2 aromatic carbocycles. The van der Waals surface area contributed by atoms with Crippen molar-refractivity contribution >= 4 is 11.0 Å². The minimum absolute atomic E-state index is 0.266. The highest BCUT2D eigenvalue weighted by Crippen LogP contribution is 2.31. The molecule has 0 aliphatic carbocycles. The predicted molar refractivity (Wildman–Crippen MR) is 73.4 cm³/mol. The SMILES string of the molecule is Cc1c(C(N)c2ccc(F)cc2)oc2ccccc12. The third kappa shape index (κ3) is 2.02. The summed E-state index contributed by atoms with van der Waals surface area (Å²) in [5.74, 6) is 0.463. The minimum atomic E-state index is -0.381. The van der Waals surface area contributed by atoms with Gasteiger partial charge in [0.2, 0.25) is 0 Å². The zero-order valence-corrected chi connectivity index (χ0v) is 10.6. The van der Waals surface area contributed by atoms with E-state index < -0.39 is 0 Å². The van der Waals surface area contributed by atoms with E-state index in [1.165, 1.54) is 12.1 Å². The summed E-state index contributed by atoms with van der Waals surface area (Å²) in [5.41, 5.74) is 8.91. The number of benzene rings is 2. The van der Waals surface area contributed by atoms with E-state index in [1.54, 1.807) is 12.1 Å². The Morgan fingerprint density at radius 1 is 1.05 bits per heavy atom. The predicted octanol–water partition coefficient (Wildman–Crippen LogP) is 3.93. The number of fused-ring (bicyclic) bond motifs is 1. The summed E-state index contributed by atoms with van der Waals surface area (Å²) in [5, 5.41) is 1.06. The van der Waals surface area contributed by atoms with Crippen LogP contribution in [0.4, 0.5) is 4.39 Å². The average molecular weight is 255 g/mol. The van der Waals surface area contributed by atoms with Gasteiger partial charge in [-0.05, 0) is 30.7 Å². The number of para-hydroxylation sites is 1. The van der Waals surface area contributed by atoms with Gasteiger partial charge in [-0.15, -0.1) is 0 Å².